The third-order valence-electron chi connectivity index (χ3n) is 2.82. The summed E-state index contributed by atoms with van der Waals surface area (Å²) in [5, 5.41) is 9.36. The molecule has 0 unspecified atom stereocenters. The molecule has 0 aliphatic carbocycles. The van der Waals surface area contributed by atoms with Crippen LogP contribution in [0.2, 0.25) is 0 Å². The van der Waals surface area contributed by atoms with Crippen LogP contribution in [0, 0.1) is 11.8 Å². The third-order valence-corrected chi connectivity index (χ3v) is 2.82. The van der Waals surface area contributed by atoms with E-state index in [9.17, 15) is 9.90 Å². The minimum absolute atomic E-state index is 0.316. The summed E-state index contributed by atoms with van der Waals surface area (Å²) in [6, 6.07) is -0.316. The lowest BCUT2D eigenvalue weighted by molar-refractivity contribution is -0.144. The van der Waals surface area contributed by atoms with Crippen molar-refractivity contribution in [3.63, 3.8) is 0 Å². The lowest BCUT2D eigenvalue weighted by atomic mass is 10.0. The van der Waals surface area contributed by atoms with Gasteiger partial charge < -0.3 is 5.11 Å². The Morgan fingerprint density at radius 2 is 1.76 bits per heavy atom. The van der Waals surface area contributed by atoms with Crippen LogP contribution in [0.25, 0.3) is 0 Å². The summed E-state index contributed by atoms with van der Waals surface area (Å²) in [5.41, 5.74) is 0. The molecule has 3 heteroatoms. The zero-order valence-corrected chi connectivity index (χ0v) is 12.1. The highest BCUT2D eigenvalue weighted by atomic mass is 16.4. The van der Waals surface area contributed by atoms with E-state index in [2.05, 4.69) is 39.5 Å². The molecule has 0 rings (SSSR count). The van der Waals surface area contributed by atoms with Crippen LogP contribution < -0.4 is 0 Å². The van der Waals surface area contributed by atoms with Gasteiger partial charge in [0.1, 0.15) is 6.04 Å². The SMILES string of the molecule is CCCCN(CC(C)C)[C@@H](CC(C)C)C(=O)O. The molecule has 0 heterocycles. The summed E-state index contributed by atoms with van der Waals surface area (Å²) in [4.78, 5) is 13.5. The Balaban J connectivity index is 4.60. The highest BCUT2D eigenvalue weighted by molar-refractivity contribution is 5.73. The van der Waals surface area contributed by atoms with Crippen molar-refractivity contribution in [2.75, 3.05) is 13.1 Å². The maximum absolute atomic E-state index is 11.4. The standard InChI is InChI=1S/C14H29NO2/c1-6-7-8-15(10-12(4)5)13(14(16)17)9-11(2)3/h11-13H,6-10H2,1-5H3,(H,16,17)/t13-/m0/s1. The van der Waals surface area contributed by atoms with E-state index in [4.69, 9.17) is 0 Å². The van der Waals surface area contributed by atoms with Crippen molar-refractivity contribution in [1.29, 1.82) is 0 Å². The first-order valence-electron chi connectivity index (χ1n) is 6.85. The van der Waals surface area contributed by atoms with E-state index in [1.165, 1.54) is 0 Å². The maximum atomic E-state index is 11.4. The molecule has 0 bridgehead atoms. The Morgan fingerprint density at radius 1 is 1.18 bits per heavy atom. The van der Waals surface area contributed by atoms with Crippen molar-refractivity contribution in [1.82, 2.24) is 4.90 Å². The molecule has 17 heavy (non-hydrogen) atoms. The number of carboxylic acid groups (broad SMARTS) is 1. The van der Waals surface area contributed by atoms with Crippen LogP contribution in [0.15, 0.2) is 0 Å². The van der Waals surface area contributed by atoms with Crippen molar-refractivity contribution >= 4 is 5.97 Å². The van der Waals surface area contributed by atoms with Gasteiger partial charge in [-0.25, -0.2) is 0 Å². The number of carbonyl (C=O) groups is 1. The third kappa shape index (κ3) is 7.37. The van der Waals surface area contributed by atoms with E-state index in [0.29, 0.717) is 11.8 Å². The van der Waals surface area contributed by atoms with Gasteiger partial charge in [-0.05, 0) is 31.2 Å². The van der Waals surface area contributed by atoms with Crippen LogP contribution in [-0.4, -0.2) is 35.1 Å². The number of nitrogens with zero attached hydrogens (tertiary/aromatic N) is 1. The maximum Gasteiger partial charge on any atom is 0.320 e. The molecule has 0 saturated carbocycles. The van der Waals surface area contributed by atoms with Gasteiger partial charge in [0.05, 0.1) is 0 Å². The molecule has 1 N–H and O–H groups in total. The van der Waals surface area contributed by atoms with Crippen LogP contribution in [-0.2, 0) is 4.79 Å². The normalized spacial score (nSPS) is 13.6. The molecule has 0 fully saturated rings. The van der Waals surface area contributed by atoms with Crippen molar-refractivity contribution < 1.29 is 9.90 Å². The first kappa shape index (κ1) is 16.4. The fraction of sp³-hybridized carbons (Fsp3) is 0.929. The molecule has 0 aromatic carbocycles. The summed E-state index contributed by atoms with van der Waals surface area (Å²) >= 11 is 0. The second kappa shape index (κ2) is 8.51. The summed E-state index contributed by atoms with van der Waals surface area (Å²) in [6.07, 6.45) is 2.93. The smallest absolute Gasteiger partial charge is 0.320 e. The van der Waals surface area contributed by atoms with Crippen LogP contribution >= 0.6 is 0 Å². The van der Waals surface area contributed by atoms with Gasteiger partial charge in [-0.15, -0.1) is 0 Å². The number of hydrogen-bond acceptors (Lipinski definition) is 2. The lowest BCUT2D eigenvalue weighted by Gasteiger charge is -2.31. The molecule has 3 nitrogen and oxygen atoms in total. The van der Waals surface area contributed by atoms with Crippen molar-refractivity contribution in [3.05, 3.63) is 0 Å². The van der Waals surface area contributed by atoms with E-state index in [1.54, 1.807) is 0 Å². The largest absolute Gasteiger partial charge is 0.480 e. The summed E-state index contributed by atoms with van der Waals surface area (Å²) in [6.45, 7) is 12.4. The van der Waals surface area contributed by atoms with E-state index in [1.807, 2.05) is 0 Å². The summed E-state index contributed by atoms with van der Waals surface area (Å²) in [7, 11) is 0. The average Bonchev–Trinajstić information content (AvgIpc) is 2.19. The number of carboxylic acids is 1. The Bertz CT molecular complexity index is 214. The summed E-state index contributed by atoms with van der Waals surface area (Å²) < 4.78 is 0. The molecule has 0 amide bonds. The predicted octanol–water partition coefficient (Wildman–Crippen LogP) is 3.24. The van der Waals surface area contributed by atoms with Crippen molar-refractivity contribution in [2.24, 2.45) is 11.8 Å². The monoisotopic (exact) mass is 243 g/mol. The van der Waals surface area contributed by atoms with Gasteiger partial charge in [-0.2, -0.15) is 0 Å². The quantitative estimate of drug-likeness (QED) is 0.676. The predicted molar refractivity (Wildman–Crippen MR) is 72.2 cm³/mol. The topological polar surface area (TPSA) is 40.5 Å². The zero-order chi connectivity index (χ0) is 13.4. The fourth-order valence-corrected chi connectivity index (χ4v) is 2.06. The second-order valence-corrected chi connectivity index (χ2v) is 5.73. The van der Waals surface area contributed by atoms with Crippen LogP contribution in [0.5, 0.6) is 0 Å². The van der Waals surface area contributed by atoms with Crippen molar-refractivity contribution in [3.8, 4) is 0 Å². The van der Waals surface area contributed by atoms with Crippen LogP contribution in [0.3, 0.4) is 0 Å². The first-order chi connectivity index (χ1) is 7.88. The number of hydrogen-bond donors (Lipinski definition) is 1. The number of rotatable bonds is 9. The molecule has 0 saturated heterocycles. The Labute approximate surface area is 106 Å². The van der Waals surface area contributed by atoms with Gasteiger partial charge in [-0.3, -0.25) is 9.69 Å². The molecule has 0 radical (unpaired) electrons. The minimum atomic E-state index is -0.671. The summed E-state index contributed by atoms with van der Waals surface area (Å²) in [5.74, 6) is 0.267. The van der Waals surface area contributed by atoms with E-state index in [0.717, 1.165) is 32.4 Å². The van der Waals surface area contributed by atoms with Crippen LogP contribution in [0.1, 0.15) is 53.9 Å². The van der Waals surface area contributed by atoms with Gasteiger partial charge in [-0.1, -0.05) is 41.0 Å². The van der Waals surface area contributed by atoms with Gasteiger partial charge in [0.25, 0.3) is 0 Å². The first-order valence-corrected chi connectivity index (χ1v) is 6.85. The van der Waals surface area contributed by atoms with E-state index >= 15 is 0 Å². The molecular formula is C14H29NO2. The molecule has 0 aliphatic heterocycles. The Hall–Kier alpha value is -0.570. The van der Waals surface area contributed by atoms with Crippen molar-refractivity contribution in [2.45, 2.75) is 59.9 Å². The second-order valence-electron chi connectivity index (χ2n) is 5.73. The molecule has 0 aromatic heterocycles. The Kier molecular flexibility index (Phi) is 8.23. The number of aliphatic carboxylic acids is 1. The molecular weight excluding hydrogens is 214 g/mol. The Morgan fingerprint density at radius 3 is 2.12 bits per heavy atom. The highest BCUT2D eigenvalue weighted by Gasteiger charge is 2.26. The molecule has 1 atom stereocenters. The van der Waals surface area contributed by atoms with Gasteiger partial charge >= 0.3 is 5.97 Å². The van der Waals surface area contributed by atoms with Gasteiger partial charge in [0.2, 0.25) is 0 Å². The average molecular weight is 243 g/mol. The van der Waals surface area contributed by atoms with E-state index < -0.39 is 5.97 Å². The molecule has 0 spiro atoms. The zero-order valence-electron chi connectivity index (χ0n) is 12.1. The molecule has 0 aromatic rings. The highest BCUT2D eigenvalue weighted by Crippen LogP contribution is 2.15. The lowest BCUT2D eigenvalue weighted by Crippen LogP contribution is -2.44. The molecule has 102 valence electrons. The van der Waals surface area contributed by atoms with Crippen LogP contribution in [0.4, 0.5) is 0 Å². The van der Waals surface area contributed by atoms with Gasteiger partial charge in [0, 0.05) is 6.54 Å². The number of unbranched alkanes of at least 4 members (excludes halogenated alkanes) is 1. The van der Waals surface area contributed by atoms with Gasteiger partial charge in [0.15, 0.2) is 0 Å². The molecule has 0 aliphatic rings. The van der Waals surface area contributed by atoms with E-state index in [-0.39, 0.29) is 6.04 Å². The minimum Gasteiger partial charge on any atom is -0.480 e. The fourth-order valence-electron chi connectivity index (χ4n) is 2.06.